The normalized spacial score (nSPS) is 19.6. The molecule has 1 fully saturated rings. The molecule has 0 aromatic carbocycles. The lowest BCUT2D eigenvalue weighted by Crippen LogP contribution is -2.40. The van der Waals surface area contributed by atoms with Gasteiger partial charge < -0.3 is 4.90 Å². The first kappa shape index (κ1) is 14.2. The van der Waals surface area contributed by atoms with E-state index in [0.717, 1.165) is 6.20 Å². The molecular formula is C10H9ClF5N3. The summed E-state index contributed by atoms with van der Waals surface area (Å²) in [5, 5.41) is -0.751. The van der Waals surface area contributed by atoms with Gasteiger partial charge in [-0.3, -0.25) is 0 Å². The van der Waals surface area contributed by atoms with Gasteiger partial charge in [0.2, 0.25) is 0 Å². The Labute approximate surface area is 110 Å². The molecule has 1 aromatic heterocycles. The summed E-state index contributed by atoms with van der Waals surface area (Å²) in [6.45, 7) is -0.138. The standard InChI is InChI=1S/C10H9ClF5N3/c11-8-7(10(14,15)16)18-6(5-17-8)19-3-1-9(12,13)2-4-19/h5H,1-4H2. The zero-order chi connectivity index (χ0) is 14.3. The zero-order valence-electron chi connectivity index (χ0n) is 9.52. The van der Waals surface area contributed by atoms with E-state index >= 15 is 0 Å². The number of aromatic nitrogens is 2. The Kier molecular flexibility index (Phi) is 3.55. The summed E-state index contributed by atoms with van der Waals surface area (Å²) in [6.07, 6.45) is -4.50. The average molecular weight is 302 g/mol. The molecule has 1 aliphatic heterocycles. The first-order chi connectivity index (χ1) is 8.69. The molecule has 1 aliphatic rings. The van der Waals surface area contributed by atoms with E-state index < -0.39 is 35.8 Å². The van der Waals surface area contributed by atoms with Gasteiger partial charge in [-0.15, -0.1) is 0 Å². The van der Waals surface area contributed by atoms with Crippen molar-refractivity contribution < 1.29 is 22.0 Å². The summed E-state index contributed by atoms with van der Waals surface area (Å²) in [7, 11) is 0. The monoisotopic (exact) mass is 301 g/mol. The van der Waals surface area contributed by atoms with Crippen molar-refractivity contribution in [3.63, 3.8) is 0 Å². The van der Waals surface area contributed by atoms with Gasteiger partial charge in [-0.2, -0.15) is 13.2 Å². The largest absolute Gasteiger partial charge is 0.436 e. The van der Waals surface area contributed by atoms with E-state index in [-0.39, 0.29) is 18.9 Å². The van der Waals surface area contributed by atoms with Crippen LogP contribution in [0.25, 0.3) is 0 Å². The van der Waals surface area contributed by atoms with Crippen LogP contribution in [-0.2, 0) is 6.18 Å². The van der Waals surface area contributed by atoms with Gasteiger partial charge in [0.15, 0.2) is 10.8 Å². The van der Waals surface area contributed by atoms with Crippen LogP contribution in [0, 0.1) is 0 Å². The van der Waals surface area contributed by atoms with Crippen LogP contribution in [0.15, 0.2) is 6.20 Å². The number of hydrogen-bond acceptors (Lipinski definition) is 3. The van der Waals surface area contributed by atoms with Gasteiger partial charge >= 0.3 is 6.18 Å². The van der Waals surface area contributed by atoms with Crippen molar-refractivity contribution in [1.29, 1.82) is 0 Å². The third-order valence-corrected chi connectivity index (χ3v) is 3.08. The van der Waals surface area contributed by atoms with Crippen LogP contribution in [0.2, 0.25) is 5.15 Å². The maximum atomic E-state index is 13.0. The van der Waals surface area contributed by atoms with E-state index in [1.165, 1.54) is 4.90 Å². The highest BCUT2D eigenvalue weighted by Crippen LogP contribution is 2.34. The maximum Gasteiger partial charge on any atom is 0.436 e. The molecule has 3 nitrogen and oxygen atoms in total. The number of nitrogens with zero attached hydrogens (tertiary/aromatic N) is 3. The van der Waals surface area contributed by atoms with Crippen molar-refractivity contribution in [3.05, 3.63) is 17.0 Å². The minimum atomic E-state index is -4.72. The molecule has 1 aromatic rings. The molecule has 106 valence electrons. The highest BCUT2D eigenvalue weighted by Gasteiger charge is 2.38. The summed E-state index contributed by atoms with van der Waals surface area (Å²) in [6, 6.07) is 0. The average Bonchev–Trinajstić information content (AvgIpc) is 2.28. The third-order valence-electron chi connectivity index (χ3n) is 2.80. The van der Waals surface area contributed by atoms with Crippen LogP contribution >= 0.6 is 11.6 Å². The minimum Gasteiger partial charge on any atom is -0.355 e. The third kappa shape index (κ3) is 3.23. The summed E-state index contributed by atoms with van der Waals surface area (Å²) in [5.74, 6) is -2.87. The smallest absolute Gasteiger partial charge is 0.355 e. The van der Waals surface area contributed by atoms with Crippen LogP contribution in [0.4, 0.5) is 27.8 Å². The van der Waals surface area contributed by atoms with Crippen molar-refractivity contribution in [2.45, 2.75) is 24.9 Å². The topological polar surface area (TPSA) is 29.0 Å². The lowest BCUT2D eigenvalue weighted by molar-refractivity contribution is -0.141. The lowest BCUT2D eigenvalue weighted by Gasteiger charge is -2.32. The molecular weight excluding hydrogens is 293 g/mol. The molecule has 0 unspecified atom stereocenters. The van der Waals surface area contributed by atoms with Gasteiger partial charge in [0.05, 0.1) is 6.20 Å². The van der Waals surface area contributed by atoms with Crippen LogP contribution < -0.4 is 4.90 Å². The number of alkyl halides is 5. The van der Waals surface area contributed by atoms with E-state index in [9.17, 15) is 22.0 Å². The molecule has 9 heteroatoms. The quantitative estimate of drug-likeness (QED) is 0.745. The molecule has 0 atom stereocenters. The van der Waals surface area contributed by atoms with Gasteiger partial charge in [0.1, 0.15) is 5.82 Å². The molecule has 0 aliphatic carbocycles. The molecule has 2 heterocycles. The van der Waals surface area contributed by atoms with Gasteiger partial charge in [0, 0.05) is 25.9 Å². The van der Waals surface area contributed by atoms with Crippen molar-refractivity contribution in [3.8, 4) is 0 Å². The molecule has 0 radical (unpaired) electrons. The van der Waals surface area contributed by atoms with Gasteiger partial charge in [-0.05, 0) is 0 Å². The highest BCUT2D eigenvalue weighted by atomic mass is 35.5. The Hall–Kier alpha value is -1.18. The van der Waals surface area contributed by atoms with Gasteiger partial charge in [-0.25, -0.2) is 18.7 Å². The molecule has 0 bridgehead atoms. The van der Waals surface area contributed by atoms with Crippen molar-refractivity contribution >= 4 is 17.4 Å². The lowest BCUT2D eigenvalue weighted by atomic mass is 10.1. The number of halogens is 6. The van der Waals surface area contributed by atoms with Gasteiger partial charge in [0.25, 0.3) is 5.92 Å². The summed E-state index contributed by atoms with van der Waals surface area (Å²) in [4.78, 5) is 8.13. The van der Waals surface area contributed by atoms with Gasteiger partial charge in [-0.1, -0.05) is 11.6 Å². The molecule has 0 spiro atoms. The van der Waals surface area contributed by atoms with Crippen molar-refractivity contribution in [1.82, 2.24) is 9.97 Å². The fourth-order valence-electron chi connectivity index (χ4n) is 1.76. The zero-order valence-corrected chi connectivity index (χ0v) is 10.3. The number of rotatable bonds is 1. The number of hydrogen-bond donors (Lipinski definition) is 0. The van der Waals surface area contributed by atoms with Crippen molar-refractivity contribution in [2.75, 3.05) is 18.0 Å². The molecule has 2 rings (SSSR count). The van der Waals surface area contributed by atoms with E-state index in [1.807, 2.05) is 0 Å². The second-order valence-corrected chi connectivity index (χ2v) is 4.57. The molecule has 0 saturated carbocycles. The number of anilines is 1. The molecule has 1 saturated heterocycles. The Bertz CT molecular complexity index is 467. The summed E-state index contributed by atoms with van der Waals surface area (Å²) >= 11 is 5.33. The van der Waals surface area contributed by atoms with E-state index in [4.69, 9.17) is 11.6 Å². The Morgan fingerprint density at radius 2 is 1.79 bits per heavy atom. The van der Waals surface area contributed by atoms with E-state index in [0.29, 0.717) is 0 Å². The predicted octanol–water partition coefficient (Wildman–Crippen LogP) is 3.38. The first-order valence-corrected chi connectivity index (χ1v) is 5.79. The van der Waals surface area contributed by atoms with E-state index in [2.05, 4.69) is 9.97 Å². The minimum absolute atomic E-state index is 0.0688. The summed E-state index contributed by atoms with van der Waals surface area (Å²) in [5.41, 5.74) is -1.30. The molecule has 19 heavy (non-hydrogen) atoms. The second-order valence-electron chi connectivity index (χ2n) is 4.21. The SMILES string of the molecule is FC1(F)CCN(c2cnc(Cl)c(C(F)(F)F)n2)CC1. The fraction of sp³-hybridized carbons (Fsp3) is 0.600. The van der Waals surface area contributed by atoms with Crippen LogP contribution in [0.1, 0.15) is 18.5 Å². The van der Waals surface area contributed by atoms with E-state index in [1.54, 1.807) is 0 Å². The van der Waals surface area contributed by atoms with Crippen LogP contribution in [-0.4, -0.2) is 29.0 Å². The molecule has 0 amide bonds. The number of piperidine rings is 1. The highest BCUT2D eigenvalue weighted by molar-refractivity contribution is 6.30. The van der Waals surface area contributed by atoms with Crippen molar-refractivity contribution in [2.24, 2.45) is 0 Å². The van der Waals surface area contributed by atoms with Crippen LogP contribution in [0.3, 0.4) is 0 Å². The Morgan fingerprint density at radius 1 is 1.21 bits per heavy atom. The second kappa shape index (κ2) is 4.73. The van der Waals surface area contributed by atoms with Crippen LogP contribution in [0.5, 0.6) is 0 Å². The Balaban J connectivity index is 2.23. The Morgan fingerprint density at radius 3 is 2.32 bits per heavy atom. The predicted molar refractivity (Wildman–Crippen MR) is 58.4 cm³/mol. The maximum absolute atomic E-state index is 13.0. The fourth-order valence-corrected chi connectivity index (χ4v) is 1.96. The summed E-state index contributed by atoms with van der Waals surface area (Å²) < 4.78 is 63.7. The molecule has 0 N–H and O–H groups in total. The first-order valence-electron chi connectivity index (χ1n) is 5.41.